The van der Waals surface area contributed by atoms with E-state index in [1.165, 1.54) is 0 Å². The van der Waals surface area contributed by atoms with Gasteiger partial charge in [0.15, 0.2) is 0 Å². The van der Waals surface area contributed by atoms with Crippen molar-refractivity contribution in [2.75, 3.05) is 39.3 Å². The Kier molecular flexibility index (Phi) is 5.03. The molecule has 3 fully saturated rings. The second-order valence-electron chi connectivity index (χ2n) is 7.76. The van der Waals surface area contributed by atoms with Crippen molar-refractivity contribution in [2.45, 2.75) is 30.6 Å². The summed E-state index contributed by atoms with van der Waals surface area (Å²) in [6, 6.07) is 6.87. The molecular weight excluding hydrogens is 350 g/mol. The fourth-order valence-corrected chi connectivity index (χ4v) is 5.90. The molecule has 3 heterocycles. The van der Waals surface area contributed by atoms with E-state index in [4.69, 9.17) is 0 Å². The van der Waals surface area contributed by atoms with Crippen LogP contribution in [0.25, 0.3) is 0 Å². The van der Waals surface area contributed by atoms with Gasteiger partial charge in [0.25, 0.3) is 0 Å². The van der Waals surface area contributed by atoms with Crippen LogP contribution in [-0.2, 0) is 21.2 Å². The van der Waals surface area contributed by atoms with Gasteiger partial charge in [-0.25, -0.2) is 8.42 Å². The van der Waals surface area contributed by atoms with E-state index in [2.05, 4.69) is 5.32 Å². The summed E-state index contributed by atoms with van der Waals surface area (Å²) in [5, 5.41) is 3.38. The highest BCUT2D eigenvalue weighted by Crippen LogP contribution is 2.27. The molecule has 1 aromatic rings. The number of carbonyl (C=O) groups excluding carboxylic acids is 1. The molecule has 3 aliphatic heterocycles. The lowest BCUT2D eigenvalue weighted by Gasteiger charge is -2.25. The maximum absolute atomic E-state index is 12.7. The largest absolute Gasteiger partial charge is 0.342 e. The Morgan fingerprint density at radius 3 is 2.23 bits per heavy atom. The molecule has 0 saturated carbocycles. The van der Waals surface area contributed by atoms with Gasteiger partial charge in [-0.3, -0.25) is 4.79 Å². The Labute approximate surface area is 155 Å². The molecular formula is C19H27N3O3S. The molecule has 0 bridgehead atoms. The third-order valence-electron chi connectivity index (χ3n) is 5.97. The fraction of sp³-hybridized carbons (Fsp3) is 0.632. The predicted molar refractivity (Wildman–Crippen MR) is 99.2 cm³/mol. The highest BCUT2D eigenvalue weighted by atomic mass is 32.2. The van der Waals surface area contributed by atoms with E-state index in [-0.39, 0.29) is 5.91 Å². The Morgan fingerprint density at radius 2 is 1.62 bits per heavy atom. The van der Waals surface area contributed by atoms with Gasteiger partial charge in [0, 0.05) is 39.3 Å². The number of rotatable bonds is 4. The first kappa shape index (κ1) is 17.9. The van der Waals surface area contributed by atoms with Crippen molar-refractivity contribution in [3.05, 3.63) is 29.8 Å². The number of hydrogen-bond donors (Lipinski definition) is 1. The van der Waals surface area contributed by atoms with Gasteiger partial charge in [-0.15, -0.1) is 0 Å². The maximum atomic E-state index is 12.7. The van der Waals surface area contributed by atoms with E-state index in [0.29, 0.717) is 36.2 Å². The molecule has 1 N–H and O–H groups in total. The molecule has 2 atom stereocenters. The van der Waals surface area contributed by atoms with Crippen molar-refractivity contribution >= 4 is 15.9 Å². The highest BCUT2D eigenvalue weighted by Gasteiger charge is 2.37. The lowest BCUT2D eigenvalue weighted by atomic mass is 10.0. The SMILES string of the molecule is O=C(Cc1ccc(S(=O)(=O)N2CCCCC2)cc1)N1C[C@H]2CNC[C@H]2C1. The summed E-state index contributed by atoms with van der Waals surface area (Å²) in [4.78, 5) is 14.9. The monoisotopic (exact) mass is 377 g/mol. The van der Waals surface area contributed by atoms with Gasteiger partial charge in [0.1, 0.15) is 0 Å². The zero-order valence-electron chi connectivity index (χ0n) is 15.1. The summed E-state index contributed by atoms with van der Waals surface area (Å²) in [7, 11) is -3.40. The number of piperidine rings is 1. The van der Waals surface area contributed by atoms with Crippen molar-refractivity contribution in [1.82, 2.24) is 14.5 Å². The van der Waals surface area contributed by atoms with Crippen LogP contribution >= 0.6 is 0 Å². The number of hydrogen-bond acceptors (Lipinski definition) is 4. The highest BCUT2D eigenvalue weighted by molar-refractivity contribution is 7.89. The second kappa shape index (κ2) is 7.29. The molecule has 6 nitrogen and oxygen atoms in total. The first-order valence-corrected chi connectivity index (χ1v) is 11.1. The van der Waals surface area contributed by atoms with Gasteiger partial charge in [-0.1, -0.05) is 18.6 Å². The van der Waals surface area contributed by atoms with E-state index in [1.54, 1.807) is 28.6 Å². The Bertz CT molecular complexity index is 745. The number of benzene rings is 1. The normalized spacial score (nSPS) is 26.8. The summed E-state index contributed by atoms with van der Waals surface area (Å²) >= 11 is 0. The van der Waals surface area contributed by atoms with Crippen LogP contribution in [-0.4, -0.2) is 62.8 Å². The van der Waals surface area contributed by atoms with Crippen LogP contribution in [0, 0.1) is 11.8 Å². The summed E-state index contributed by atoms with van der Waals surface area (Å²) in [5.41, 5.74) is 0.878. The first-order valence-electron chi connectivity index (χ1n) is 9.61. The smallest absolute Gasteiger partial charge is 0.243 e. The van der Waals surface area contributed by atoms with Crippen molar-refractivity contribution in [1.29, 1.82) is 0 Å². The molecule has 3 aliphatic rings. The van der Waals surface area contributed by atoms with Gasteiger partial charge in [0.05, 0.1) is 11.3 Å². The summed E-state index contributed by atoms with van der Waals surface area (Å²) in [6.45, 7) is 4.92. The first-order chi connectivity index (χ1) is 12.5. The van der Waals surface area contributed by atoms with E-state index >= 15 is 0 Å². The van der Waals surface area contributed by atoms with Crippen molar-refractivity contribution in [3.8, 4) is 0 Å². The van der Waals surface area contributed by atoms with Crippen molar-refractivity contribution in [3.63, 3.8) is 0 Å². The molecule has 7 heteroatoms. The van der Waals surface area contributed by atoms with Crippen LogP contribution in [0.2, 0.25) is 0 Å². The van der Waals surface area contributed by atoms with E-state index in [1.807, 2.05) is 4.90 Å². The number of carbonyl (C=O) groups is 1. The quantitative estimate of drug-likeness (QED) is 0.853. The number of fused-ring (bicyclic) bond motifs is 1. The maximum Gasteiger partial charge on any atom is 0.243 e. The van der Waals surface area contributed by atoms with Crippen LogP contribution in [0.1, 0.15) is 24.8 Å². The summed E-state index contributed by atoms with van der Waals surface area (Å²) in [5.74, 6) is 1.33. The standard InChI is InChI=1S/C19H27N3O3S/c23-19(21-13-16-11-20-12-17(16)14-21)10-15-4-6-18(7-5-15)26(24,25)22-8-2-1-3-9-22/h4-7,16-17,20H,1-3,8-14H2/t16-,17+. The van der Waals surface area contributed by atoms with Gasteiger partial charge in [-0.05, 0) is 42.4 Å². The molecule has 1 amide bonds. The Balaban J connectivity index is 1.39. The lowest BCUT2D eigenvalue weighted by molar-refractivity contribution is -0.129. The molecule has 0 radical (unpaired) electrons. The second-order valence-corrected chi connectivity index (χ2v) is 9.70. The molecule has 0 aromatic heterocycles. The third kappa shape index (κ3) is 3.52. The third-order valence-corrected chi connectivity index (χ3v) is 7.89. The van der Waals surface area contributed by atoms with Crippen LogP contribution < -0.4 is 5.32 Å². The molecule has 142 valence electrons. The summed E-state index contributed by atoms with van der Waals surface area (Å²) in [6.07, 6.45) is 3.30. The van der Waals surface area contributed by atoms with Crippen molar-refractivity contribution < 1.29 is 13.2 Å². The molecule has 4 rings (SSSR count). The van der Waals surface area contributed by atoms with Gasteiger partial charge >= 0.3 is 0 Å². The summed E-state index contributed by atoms with van der Waals surface area (Å²) < 4.78 is 26.9. The van der Waals surface area contributed by atoms with Gasteiger partial charge in [0.2, 0.25) is 15.9 Å². The zero-order valence-corrected chi connectivity index (χ0v) is 15.9. The minimum Gasteiger partial charge on any atom is -0.342 e. The molecule has 26 heavy (non-hydrogen) atoms. The zero-order chi connectivity index (χ0) is 18.1. The van der Waals surface area contributed by atoms with Gasteiger partial charge in [-0.2, -0.15) is 4.31 Å². The predicted octanol–water partition coefficient (Wildman–Crippen LogP) is 1.08. The minimum atomic E-state index is -3.40. The molecule has 1 aromatic carbocycles. The van der Waals surface area contributed by atoms with Crippen LogP contribution in [0.5, 0.6) is 0 Å². The number of nitrogens with zero attached hydrogens (tertiary/aromatic N) is 2. The van der Waals surface area contributed by atoms with Crippen LogP contribution in [0.4, 0.5) is 0 Å². The van der Waals surface area contributed by atoms with E-state index in [0.717, 1.165) is 51.0 Å². The van der Waals surface area contributed by atoms with Crippen molar-refractivity contribution in [2.24, 2.45) is 11.8 Å². The average Bonchev–Trinajstić information content (AvgIpc) is 3.25. The van der Waals surface area contributed by atoms with Gasteiger partial charge < -0.3 is 10.2 Å². The van der Waals surface area contributed by atoms with E-state index in [9.17, 15) is 13.2 Å². The lowest BCUT2D eigenvalue weighted by Crippen LogP contribution is -2.35. The minimum absolute atomic E-state index is 0.144. The number of sulfonamides is 1. The van der Waals surface area contributed by atoms with Crippen LogP contribution in [0.15, 0.2) is 29.2 Å². The molecule has 0 unspecified atom stereocenters. The van der Waals surface area contributed by atoms with Crippen LogP contribution in [0.3, 0.4) is 0 Å². The molecule has 3 saturated heterocycles. The average molecular weight is 378 g/mol. The molecule has 0 aliphatic carbocycles. The number of likely N-dealkylation sites (tertiary alicyclic amines) is 1. The van der Waals surface area contributed by atoms with E-state index < -0.39 is 10.0 Å². The molecule has 0 spiro atoms. The number of nitrogens with one attached hydrogen (secondary N) is 1. The fourth-order valence-electron chi connectivity index (χ4n) is 4.38. The Hall–Kier alpha value is -1.44. The Morgan fingerprint density at radius 1 is 1.00 bits per heavy atom. The number of amides is 1. The topological polar surface area (TPSA) is 69.7 Å².